The van der Waals surface area contributed by atoms with Crippen LogP contribution in [-0.4, -0.2) is 25.3 Å². The first kappa shape index (κ1) is 13.0. The molecule has 15 heavy (non-hydrogen) atoms. The summed E-state index contributed by atoms with van der Waals surface area (Å²) in [4.78, 5) is 0. The maximum absolute atomic E-state index is 5.85. The van der Waals surface area contributed by atoms with Crippen LogP contribution in [0.15, 0.2) is 0 Å². The summed E-state index contributed by atoms with van der Waals surface area (Å²) < 4.78 is 5.85. The second kappa shape index (κ2) is 7.24. The number of unbranched alkanes of at least 4 members (excludes halogenated alkanes) is 2. The molecule has 0 bridgehead atoms. The van der Waals surface area contributed by atoms with E-state index in [2.05, 4.69) is 26.1 Å². The third-order valence-electron chi connectivity index (χ3n) is 3.43. The highest BCUT2D eigenvalue weighted by molar-refractivity contribution is 4.84. The molecule has 0 radical (unpaired) electrons. The summed E-state index contributed by atoms with van der Waals surface area (Å²) in [6, 6.07) is 0.582. The fourth-order valence-electron chi connectivity index (χ4n) is 2.49. The lowest BCUT2D eigenvalue weighted by atomic mass is 9.94. The maximum atomic E-state index is 5.85. The molecule has 1 aliphatic rings. The molecule has 1 N–H and O–H groups in total. The van der Waals surface area contributed by atoms with Crippen LogP contribution in [0.25, 0.3) is 0 Å². The Kier molecular flexibility index (Phi) is 6.26. The van der Waals surface area contributed by atoms with Crippen molar-refractivity contribution in [2.45, 2.75) is 65.0 Å². The van der Waals surface area contributed by atoms with Crippen molar-refractivity contribution in [2.75, 3.05) is 13.2 Å². The molecular formula is C13H27NO. The van der Waals surface area contributed by atoms with Crippen molar-refractivity contribution in [3.05, 3.63) is 0 Å². The van der Waals surface area contributed by atoms with Crippen molar-refractivity contribution in [1.29, 1.82) is 0 Å². The summed E-state index contributed by atoms with van der Waals surface area (Å²) in [6.07, 6.45) is 6.96. The van der Waals surface area contributed by atoms with E-state index in [1.165, 1.54) is 32.1 Å². The lowest BCUT2D eigenvalue weighted by Crippen LogP contribution is -2.42. The lowest BCUT2D eigenvalue weighted by Gasteiger charge is -2.26. The Morgan fingerprint density at radius 2 is 2.13 bits per heavy atom. The van der Waals surface area contributed by atoms with Gasteiger partial charge in [-0.2, -0.15) is 0 Å². The normalized spacial score (nSPS) is 28.2. The number of likely N-dealkylation sites (N-methyl/N-ethyl adjacent to an activating group) is 1. The summed E-state index contributed by atoms with van der Waals surface area (Å²) in [5.41, 5.74) is 0. The molecule has 2 heteroatoms. The fourth-order valence-corrected chi connectivity index (χ4v) is 2.49. The summed E-state index contributed by atoms with van der Waals surface area (Å²) in [6.45, 7) is 8.79. The number of hydrogen-bond acceptors (Lipinski definition) is 2. The third kappa shape index (κ3) is 4.12. The highest BCUT2D eigenvalue weighted by Crippen LogP contribution is 2.25. The molecular weight excluding hydrogens is 186 g/mol. The fraction of sp³-hybridized carbons (Fsp3) is 1.00. The molecule has 0 aromatic carbocycles. The van der Waals surface area contributed by atoms with Gasteiger partial charge in [-0.05, 0) is 25.3 Å². The van der Waals surface area contributed by atoms with Gasteiger partial charge >= 0.3 is 0 Å². The van der Waals surface area contributed by atoms with Crippen molar-refractivity contribution in [3.8, 4) is 0 Å². The minimum atomic E-state index is 0.460. The van der Waals surface area contributed by atoms with Gasteiger partial charge < -0.3 is 10.1 Å². The Hall–Kier alpha value is -0.0800. The first-order chi connectivity index (χ1) is 7.29. The van der Waals surface area contributed by atoms with Crippen LogP contribution < -0.4 is 5.32 Å². The molecule has 0 spiro atoms. The van der Waals surface area contributed by atoms with E-state index in [0.29, 0.717) is 12.1 Å². The van der Waals surface area contributed by atoms with Gasteiger partial charge in [0.25, 0.3) is 0 Å². The largest absolute Gasteiger partial charge is 0.376 e. The average Bonchev–Trinajstić information content (AvgIpc) is 2.64. The van der Waals surface area contributed by atoms with Crippen LogP contribution in [0, 0.1) is 5.92 Å². The standard InChI is InChI=1S/C13H27NO/c1-4-6-7-8-12(14-5-2)13-11(3)9-10-15-13/h11-14H,4-10H2,1-3H3. The molecule has 0 saturated carbocycles. The van der Waals surface area contributed by atoms with E-state index in [4.69, 9.17) is 4.74 Å². The van der Waals surface area contributed by atoms with Crippen molar-refractivity contribution in [1.82, 2.24) is 5.32 Å². The summed E-state index contributed by atoms with van der Waals surface area (Å²) in [5, 5.41) is 3.59. The van der Waals surface area contributed by atoms with Gasteiger partial charge in [-0.15, -0.1) is 0 Å². The Balaban J connectivity index is 2.34. The van der Waals surface area contributed by atoms with Gasteiger partial charge in [0.1, 0.15) is 0 Å². The second-order valence-corrected chi connectivity index (χ2v) is 4.76. The first-order valence-electron chi connectivity index (χ1n) is 6.64. The third-order valence-corrected chi connectivity index (χ3v) is 3.43. The number of rotatable bonds is 7. The summed E-state index contributed by atoms with van der Waals surface area (Å²) >= 11 is 0. The predicted molar refractivity (Wildman–Crippen MR) is 65.1 cm³/mol. The van der Waals surface area contributed by atoms with Crippen molar-refractivity contribution < 1.29 is 4.74 Å². The van der Waals surface area contributed by atoms with Gasteiger partial charge in [-0.1, -0.05) is 40.0 Å². The zero-order chi connectivity index (χ0) is 11.1. The molecule has 0 aromatic rings. The predicted octanol–water partition coefficient (Wildman–Crippen LogP) is 2.97. The van der Waals surface area contributed by atoms with Crippen molar-refractivity contribution in [3.63, 3.8) is 0 Å². The van der Waals surface area contributed by atoms with E-state index < -0.39 is 0 Å². The second-order valence-electron chi connectivity index (χ2n) is 4.76. The van der Waals surface area contributed by atoms with E-state index >= 15 is 0 Å². The average molecular weight is 213 g/mol. The molecule has 1 saturated heterocycles. The highest BCUT2D eigenvalue weighted by atomic mass is 16.5. The van der Waals surface area contributed by atoms with E-state index in [-0.39, 0.29) is 0 Å². The van der Waals surface area contributed by atoms with Crippen LogP contribution in [0.1, 0.15) is 52.9 Å². The molecule has 90 valence electrons. The highest BCUT2D eigenvalue weighted by Gasteiger charge is 2.30. The van der Waals surface area contributed by atoms with Gasteiger partial charge in [0.05, 0.1) is 6.10 Å². The van der Waals surface area contributed by atoms with Gasteiger partial charge in [0, 0.05) is 12.6 Å². The van der Waals surface area contributed by atoms with Crippen LogP contribution in [0.2, 0.25) is 0 Å². The minimum Gasteiger partial charge on any atom is -0.376 e. The van der Waals surface area contributed by atoms with Crippen molar-refractivity contribution >= 4 is 0 Å². The van der Waals surface area contributed by atoms with E-state index in [9.17, 15) is 0 Å². The zero-order valence-electron chi connectivity index (χ0n) is 10.6. The Labute approximate surface area is 94.8 Å². The van der Waals surface area contributed by atoms with Gasteiger partial charge in [-0.3, -0.25) is 0 Å². The molecule has 1 rings (SSSR count). The van der Waals surface area contributed by atoms with Crippen LogP contribution in [-0.2, 0) is 4.74 Å². The number of nitrogens with one attached hydrogen (secondary N) is 1. The van der Waals surface area contributed by atoms with Crippen LogP contribution in [0.3, 0.4) is 0 Å². The van der Waals surface area contributed by atoms with Crippen LogP contribution in [0.5, 0.6) is 0 Å². The molecule has 0 amide bonds. The molecule has 3 unspecified atom stereocenters. The van der Waals surface area contributed by atoms with Crippen LogP contribution in [0.4, 0.5) is 0 Å². The molecule has 1 heterocycles. The Morgan fingerprint density at radius 1 is 1.33 bits per heavy atom. The molecule has 1 fully saturated rings. The zero-order valence-corrected chi connectivity index (χ0v) is 10.6. The first-order valence-corrected chi connectivity index (χ1v) is 6.64. The molecule has 1 aliphatic heterocycles. The minimum absolute atomic E-state index is 0.460. The molecule has 2 nitrogen and oxygen atoms in total. The Morgan fingerprint density at radius 3 is 2.67 bits per heavy atom. The SMILES string of the molecule is CCCCCC(NCC)C1OCCC1C. The smallest absolute Gasteiger partial charge is 0.0754 e. The van der Waals surface area contributed by atoms with E-state index in [0.717, 1.165) is 19.1 Å². The maximum Gasteiger partial charge on any atom is 0.0754 e. The summed E-state index contributed by atoms with van der Waals surface area (Å²) in [5.74, 6) is 0.732. The molecule has 0 aliphatic carbocycles. The van der Waals surface area contributed by atoms with Gasteiger partial charge in [0.15, 0.2) is 0 Å². The summed E-state index contributed by atoms with van der Waals surface area (Å²) in [7, 11) is 0. The monoisotopic (exact) mass is 213 g/mol. The van der Waals surface area contributed by atoms with Gasteiger partial charge in [-0.25, -0.2) is 0 Å². The van der Waals surface area contributed by atoms with Crippen LogP contribution >= 0.6 is 0 Å². The van der Waals surface area contributed by atoms with E-state index in [1.807, 2.05) is 0 Å². The topological polar surface area (TPSA) is 21.3 Å². The molecule has 3 atom stereocenters. The van der Waals surface area contributed by atoms with E-state index in [1.54, 1.807) is 0 Å². The molecule has 0 aromatic heterocycles. The number of ether oxygens (including phenoxy) is 1. The van der Waals surface area contributed by atoms with Gasteiger partial charge in [0.2, 0.25) is 0 Å². The van der Waals surface area contributed by atoms with Crippen molar-refractivity contribution in [2.24, 2.45) is 5.92 Å². The lowest BCUT2D eigenvalue weighted by molar-refractivity contribution is 0.0579. The quantitative estimate of drug-likeness (QED) is 0.656. The number of hydrogen-bond donors (Lipinski definition) is 1. The Bertz CT molecular complexity index is 161.